The van der Waals surface area contributed by atoms with Gasteiger partial charge in [0.15, 0.2) is 5.13 Å². The fraction of sp³-hybridized carbons (Fsp3) is 0.467. The lowest BCUT2D eigenvalue weighted by Crippen LogP contribution is -3.06. The van der Waals surface area contributed by atoms with Crippen LogP contribution in [0.15, 0.2) is 12.1 Å². The van der Waals surface area contributed by atoms with Crippen molar-refractivity contribution in [3.63, 3.8) is 0 Å². The van der Waals surface area contributed by atoms with E-state index < -0.39 is 0 Å². The van der Waals surface area contributed by atoms with Crippen molar-refractivity contribution in [3.05, 3.63) is 23.3 Å². The fourth-order valence-electron chi connectivity index (χ4n) is 2.20. The number of quaternary nitrogens is 1. The molecule has 0 radical (unpaired) electrons. The number of carbonyl (C=O) groups excluding carboxylic acids is 1. The van der Waals surface area contributed by atoms with Crippen LogP contribution in [0.5, 0.6) is 0 Å². The third kappa shape index (κ3) is 3.16. The summed E-state index contributed by atoms with van der Waals surface area (Å²) in [6.45, 7) is 7.38. The highest BCUT2D eigenvalue weighted by Crippen LogP contribution is 2.31. The van der Waals surface area contributed by atoms with Gasteiger partial charge in [-0.25, -0.2) is 4.98 Å². The zero-order valence-corrected chi connectivity index (χ0v) is 13.6. The molecule has 20 heavy (non-hydrogen) atoms. The number of hydrogen-bond donors (Lipinski definition) is 1. The molecule has 1 amide bonds. The van der Waals surface area contributed by atoms with Crippen LogP contribution in [0.25, 0.3) is 10.2 Å². The van der Waals surface area contributed by atoms with E-state index in [4.69, 9.17) is 0 Å². The van der Waals surface area contributed by atoms with E-state index in [2.05, 4.69) is 45.1 Å². The van der Waals surface area contributed by atoms with E-state index in [1.807, 2.05) is 0 Å². The average Bonchev–Trinajstić information content (AvgIpc) is 2.72. The SMILES string of the molecule is CC(=O)N(CC[NH+](C)C)c1nc2c(C)cc(C)cc2s1. The maximum atomic E-state index is 11.9. The molecule has 1 N–H and O–H groups in total. The van der Waals surface area contributed by atoms with Crippen LogP contribution in [0.3, 0.4) is 0 Å². The number of aryl methyl sites for hydroxylation is 2. The topological polar surface area (TPSA) is 37.6 Å². The number of fused-ring (bicyclic) bond motifs is 1. The highest BCUT2D eigenvalue weighted by atomic mass is 32.1. The molecule has 2 aromatic rings. The first-order valence-corrected chi connectivity index (χ1v) is 7.65. The number of likely N-dealkylation sites (N-methyl/N-ethyl adjacent to an activating group) is 1. The van der Waals surface area contributed by atoms with E-state index in [0.29, 0.717) is 6.54 Å². The van der Waals surface area contributed by atoms with Gasteiger partial charge in [0.25, 0.3) is 0 Å². The molecule has 0 atom stereocenters. The Hall–Kier alpha value is -1.46. The maximum absolute atomic E-state index is 11.9. The first kappa shape index (κ1) is 14.9. The standard InChI is InChI=1S/C15H21N3OS/c1-10-8-11(2)14-13(9-10)20-15(16-14)18(12(3)19)7-6-17(4)5/h8-9H,6-7H2,1-5H3/p+1. The quantitative estimate of drug-likeness (QED) is 0.925. The van der Waals surface area contributed by atoms with Gasteiger partial charge in [-0.3, -0.25) is 9.69 Å². The molecule has 0 aliphatic heterocycles. The van der Waals surface area contributed by atoms with Gasteiger partial charge in [-0.05, 0) is 31.0 Å². The molecule has 1 heterocycles. The maximum Gasteiger partial charge on any atom is 0.225 e. The van der Waals surface area contributed by atoms with Gasteiger partial charge in [-0.1, -0.05) is 17.4 Å². The zero-order valence-electron chi connectivity index (χ0n) is 12.8. The van der Waals surface area contributed by atoms with Crippen molar-refractivity contribution >= 4 is 32.6 Å². The molecule has 4 nitrogen and oxygen atoms in total. The summed E-state index contributed by atoms with van der Waals surface area (Å²) >= 11 is 1.60. The molecule has 0 aliphatic rings. The molecule has 108 valence electrons. The summed E-state index contributed by atoms with van der Waals surface area (Å²) in [6, 6.07) is 4.27. The minimum absolute atomic E-state index is 0.0553. The van der Waals surface area contributed by atoms with Crippen molar-refractivity contribution in [2.24, 2.45) is 0 Å². The molecule has 0 saturated carbocycles. The van der Waals surface area contributed by atoms with E-state index in [1.165, 1.54) is 16.0 Å². The number of thiazole rings is 1. The Morgan fingerprint density at radius 3 is 2.65 bits per heavy atom. The van der Waals surface area contributed by atoms with E-state index >= 15 is 0 Å². The summed E-state index contributed by atoms with van der Waals surface area (Å²) in [6.07, 6.45) is 0. The molecule has 0 aliphatic carbocycles. The van der Waals surface area contributed by atoms with Gasteiger partial charge in [0.05, 0.1) is 37.4 Å². The third-order valence-electron chi connectivity index (χ3n) is 3.26. The van der Waals surface area contributed by atoms with Crippen LogP contribution in [0, 0.1) is 13.8 Å². The summed E-state index contributed by atoms with van der Waals surface area (Å²) in [5.41, 5.74) is 3.42. The molecular formula is C15H22N3OS+. The van der Waals surface area contributed by atoms with Crippen LogP contribution < -0.4 is 9.80 Å². The predicted molar refractivity (Wildman–Crippen MR) is 84.8 cm³/mol. The van der Waals surface area contributed by atoms with Gasteiger partial charge in [0.1, 0.15) is 0 Å². The molecule has 0 saturated heterocycles. The van der Waals surface area contributed by atoms with Crippen molar-refractivity contribution in [2.75, 3.05) is 32.1 Å². The van der Waals surface area contributed by atoms with Crippen LogP contribution in [0.1, 0.15) is 18.1 Å². The molecule has 0 bridgehead atoms. The number of anilines is 1. The number of amides is 1. The normalized spacial score (nSPS) is 11.3. The summed E-state index contributed by atoms with van der Waals surface area (Å²) in [5.74, 6) is 0.0553. The summed E-state index contributed by atoms with van der Waals surface area (Å²) < 4.78 is 1.15. The lowest BCUT2D eigenvalue weighted by atomic mass is 10.1. The first-order chi connectivity index (χ1) is 9.38. The fourth-order valence-corrected chi connectivity index (χ4v) is 3.41. The predicted octanol–water partition coefficient (Wildman–Crippen LogP) is 1.41. The largest absolute Gasteiger partial charge is 0.338 e. The Kier molecular flexibility index (Phi) is 4.40. The van der Waals surface area contributed by atoms with Crippen LogP contribution in [-0.2, 0) is 4.79 Å². The highest BCUT2D eigenvalue weighted by Gasteiger charge is 2.18. The molecule has 5 heteroatoms. The van der Waals surface area contributed by atoms with Crippen molar-refractivity contribution in [1.82, 2.24) is 4.98 Å². The van der Waals surface area contributed by atoms with Gasteiger partial charge in [0, 0.05) is 6.92 Å². The first-order valence-electron chi connectivity index (χ1n) is 6.83. The molecular weight excluding hydrogens is 270 g/mol. The Morgan fingerprint density at radius 1 is 1.35 bits per heavy atom. The number of hydrogen-bond acceptors (Lipinski definition) is 3. The second kappa shape index (κ2) is 5.89. The van der Waals surface area contributed by atoms with Gasteiger partial charge in [0.2, 0.25) is 5.91 Å². The van der Waals surface area contributed by atoms with E-state index in [0.717, 1.165) is 21.9 Å². The Labute approximate surface area is 124 Å². The minimum atomic E-state index is 0.0553. The second-order valence-corrected chi connectivity index (χ2v) is 6.56. The monoisotopic (exact) mass is 292 g/mol. The number of aromatic nitrogens is 1. The smallest absolute Gasteiger partial charge is 0.225 e. The summed E-state index contributed by atoms with van der Waals surface area (Å²) in [7, 11) is 4.17. The molecule has 1 aromatic heterocycles. The van der Waals surface area contributed by atoms with Gasteiger partial charge in [-0.2, -0.15) is 0 Å². The molecule has 1 aromatic carbocycles. The van der Waals surface area contributed by atoms with Crippen molar-refractivity contribution in [3.8, 4) is 0 Å². The number of nitrogens with zero attached hydrogens (tertiary/aromatic N) is 2. The van der Waals surface area contributed by atoms with Crippen LogP contribution in [0.2, 0.25) is 0 Å². The van der Waals surface area contributed by atoms with Crippen molar-refractivity contribution in [2.45, 2.75) is 20.8 Å². The number of rotatable bonds is 4. The average molecular weight is 292 g/mol. The van der Waals surface area contributed by atoms with Crippen LogP contribution >= 0.6 is 11.3 Å². The van der Waals surface area contributed by atoms with Gasteiger partial charge < -0.3 is 4.90 Å². The third-order valence-corrected chi connectivity index (χ3v) is 4.29. The van der Waals surface area contributed by atoms with Crippen LogP contribution in [-0.4, -0.2) is 38.1 Å². The molecule has 0 unspecified atom stereocenters. The van der Waals surface area contributed by atoms with Crippen molar-refractivity contribution < 1.29 is 9.69 Å². The molecule has 0 spiro atoms. The van der Waals surface area contributed by atoms with E-state index in [-0.39, 0.29) is 5.91 Å². The van der Waals surface area contributed by atoms with Crippen LogP contribution in [0.4, 0.5) is 5.13 Å². The lowest BCUT2D eigenvalue weighted by molar-refractivity contribution is -0.856. The highest BCUT2D eigenvalue weighted by molar-refractivity contribution is 7.22. The lowest BCUT2D eigenvalue weighted by Gasteiger charge is -2.18. The number of nitrogens with one attached hydrogen (secondary N) is 1. The summed E-state index contributed by atoms with van der Waals surface area (Å²) in [5, 5.41) is 0.808. The second-order valence-electron chi connectivity index (χ2n) is 5.55. The Balaban J connectivity index is 2.38. The molecule has 2 rings (SSSR count). The number of benzene rings is 1. The molecule has 0 fully saturated rings. The minimum Gasteiger partial charge on any atom is -0.338 e. The van der Waals surface area contributed by atoms with E-state index in [1.54, 1.807) is 23.2 Å². The Bertz CT molecular complexity index is 633. The van der Waals surface area contributed by atoms with Gasteiger partial charge in [-0.15, -0.1) is 0 Å². The zero-order chi connectivity index (χ0) is 14.9. The summed E-state index contributed by atoms with van der Waals surface area (Å²) in [4.78, 5) is 19.6. The van der Waals surface area contributed by atoms with Crippen molar-refractivity contribution in [1.29, 1.82) is 0 Å². The van der Waals surface area contributed by atoms with E-state index in [9.17, 15) is 4.79 Å². The number of carbonyl (C=O) groups is 1. The van der Waals surface area contributed by atoms with Gasteiger partial charge >= 0.3 is 0 Å². The Morgan fingerprint density at radius 2 is 2.05 bits per heavy atom.